The van der Waals surface area contributed by atoms with Crippen molar-refractivity contribution in [3.63, 3.8) is 0 Å². The average molecular weight is 235 g/mol. The molecule has 2 unspecified atom stereocenters. The van der Waals surface area contributed by atoms with Gasteiger partial charge in [-0.1, -0.05) is 71.0 Å². The van der Waals surface area contributed by atoms with E-state index in [-0.39, 0.29) is 10.7 Å². The van der Waals surface area contributed by atoms with E-state index in [1.54, 1.807) is 0 Å². The summed E-state index contributed by atoms with van der Waals surface area (Å²) in [5, 5.41) is 0.0153. The highest BCUT2D eigenvalue weighted by atomic mass is 14.6. The second kappa shape index (κ2) is 6.27. The Morgan fingerprint density at radius 1 is 0.941 bits per heavy atom. The average Bonchev–Trinajstić information content (AvgIpc) is 2.25. The van der Waals surface area contributed by atoms with Crippen LogP contribution in [-0.4, -0.2) is 13.9 Å². The topological polar surface area (TPSA) is 26.0 Å². The number of rotatable bonds is 0. The van der Waals surface area contributed by atoms with E-state index in [9.17, 15) is 0 Å². The summed E-state index contributed by atoms with van der Waals surface area (Å²) in [4.78, 5) is 0. The van der Waals surface area contributed by atoms with Gasteiger partial charge in [0, 0.05) is 6.04 Å². The van der Waals surface area contributed by atoms with Crippen molar-refractivity contribution in [3.8, 4) is 0 Å². The molecule has 1 saturated carbocycles. The van der Waals surface area contributed by atoms with Crippen molar-refractivity contribution in [2.24, 2.45) is 11.1 Å². The Bertz CT molecular complexity index is 221. The molecule has 0 aromatic heterocycles. The molecular formula is C15H30BN. The summed E-state index contributed by atoms with van der Waals surface area (Å²) in [6, 6.07) is 0.426. The van der Waals surface area contributed by atoms with E-state index in [4.69, 9.17) is 13.6 Å². The van der Waals surface area contributed by atoms with Crippen LogP contribution in [0.15, 0.2) is 0 Å². The van der Waals surface area contributed by atoms with Gasteiger partial charge in [0.1, 0.15) is 0 Å². The monoisotopic (exact) mass is 235 g/mol. The molecule has 2 N–H and O–H groups in total. The van der Waals surface area contributed by atoms with Crippen LogP contribution >= 0.6 is 0 Å². The fourth-order valence-corrected chi connectivity index (χ4v) is 2.89. The molecule has 98 valence electrons. The molecule has 0 saturated heterocycles. The summed E-state index contributed by atoms with van der Waals surface area (Å²) >= 11 is 0. The SMILES string of the molecule is [B]C1(C(C)(C)C)CCCCCC(N)CCCC1. The molecule has 0 aliphatic heterocycles. The molecule has 0 aromatic rings. The Kier molecular flexibility index (Phi) is 5.56. The number of nitrogens with two attached hydrogens (primary N) is 1. The molecule has 1 nitrogen and oxygen atoms in total. The Hall–Kier alpha value is 0.0249. The van der Waals surface area contributed by atoms with Gasteiger partial charge in [-0.3, -0.25) is 0 Å². The Labute approximate surface area is 109 Å². The largest absolute Gasteiger partial charge is 0.328 e. The molecule has 1 rings (SSSR count). The molecule has 0 spiro atoms. The van der Waals surface area contributed by atoms with Gasteiger partial charge in [-0.25, -0.2) is 0 Å². The summed E-state index contributed by atoms with van der Waals surface area (Å²) in [5.41, 5.74) is 6.31. The maximum atomic E-state index is 6.68. The Morgan fingerprint density at radius 2 is 1.41 bits per heavy atom. The van der Waals surface area contributed by atoms with Crippen molar-refractivity contribution in [1.82, 2.24) is 0 Å². The summed E-state index contributed by atoms with van der Waals surface area (Å²) in [6.45, 7) is 6.87. The maximum absolute atomic E-state index is 6.68. The molecule has 1 fully saturated rings. The minimum Gasteiger partial charge on any atom is -0.328 e. The van der Waals surface area contributed by atoms with Gasteiger partial charge >= 0.3 is 0 Å². The van der Waals surface area contributed by atoms with Crippen LogP contribution in [0, 0.1) is 5.41 Å². The van der Waals surface area contributed by atoms with Crippen LogP contribution in [-0.2, 0) is 0 Å². The third kappa shape index (κ3) is 4.65. The van der Waals surface area contributed by atoms with Crippen molar-refractivity contribution in [1.29, 1.82) is 0 Å². The summed E-state index contributed by atoms with van der Waals surface area (Å²) < 4.78 is 0. The van der Waals surface area contributed by atoms with Gasteiger partial charge in [0.05, 0.1) is 7.85 Å². The van der Waals surface area contributed by atoms with E-state index in [1.807, 2.05) is 0 Å². The van der Waals surface area contributed by atoms with Crippen molar-refractivity contribution < 1.29 is 0 Å². The zero-order valence-electron chi connectivity index (χ0n) is 12.1. The lowest BCUT2D eigenvalue weighted by Gasteiger charge is -2.43. The van der Waals surface area contributed by atoms with Crippen LogP contribution in [0.4, 0.5) is 0 Å². The lowest BCUT2D eigenvalue weighted by molar-refractivity contribution is 0.222. The molecule has 0 bridgehead atoms. The zero-order valence-corrected chi connectivity index (χ0v) is 12.1. The van der Waals surface area contributed by atoms with Crippen LogP contribution in [0.5, 0.6) is 0 Å². The van der Waals surface area contributed by atoms with Crippen molar-refractivity contribution in [3.05, 3.63) is 0 Å². The van der Waals surface area contributed by atoms with Crippen LogP contribution in [0.3, 0.4) is 0 Å². The molecule has 1 aliphatic carbocycles. The highest BCUT2D eigenvalue weighted by molar-refractivity contribution is 6.15. The first-order valence-electron chi connectivity index (χ1n) is 7.40. The first-order valence-corrected chi connectivity index (χ1v) is 7.40. The van der Waals surface area contributed by atoms with Gasteiger partial charge in [0.25, 0.3) is 0 Å². The molecule has 17 heavy (non-hydrogen) atoms. The minimum absolute atomic E-state index is 0.0153. The van der Waals surface area contributed by atoms with Gasteiger partial charge < -0.3 is 5.73 Å². The number of hydrogen-bond acceptors (Lipinski definition) is 1. The highest BCUT2D eigenvalue weighted by Crippen LogP contribution is 2.50. The summed E-state index contributed by atoms with van der Waals surface area (Å²) in [7, 11) is 6.68. The summed E-state index contributed by atoms with van der Waals surface area (Å²) in [6.07, 6.45) is 11.0. The predicted octanol–water partition coefficient (Wildman–Crippen LogP) is 4.21. The van der Waals surface area contributed by atoms with Gasteiger partial charge in [-0.05, 0) is 18.3 Å². The second-order valence-corrected chi connectivity index (χ2v) is 7.01. The van der Waals surface area contributed by atoms with Gasteiger partial charge in [-0.2, -0.15) is 0 Å². The lowest BCUT2D eigenvalue weighted by atomic mass is 9.50. The van der Waals surface area contributed by atoms with E-state index >= 15 is 0 Å². The molecule has 0 amide bonds. The third-order valence-corrected chi connectivity index (χ3v) is 4.64. The molecule has 2 atom stereocenters. The maximum Gasteiger partial charge on any atom is 0.0753 e. The molecule has 1 aliphatic rings. The zero-order chi connectivity index (χ0) is 12.9. The van der Waals surface area contributed by atoms with Gasteiger partial charge in [0.15, 0.2) is 0 Å². The van der Waals surface area contributed by atoms with E-state index in [0.717, 1.165) is 6.42 Å². The normalized spacial score (nSPS) is 34.0. The first-order chi connectivity index (χ1) is 7.85. The van der Waals surface area contributed by atoms with Crippen LogP contribution in [0.25, 0.3) is 0 Å². The molecule has 2 radical (unpaired) electrons. The lowest BCUT2D eigenvalue weighted by Crippen LogP contribution is -2.29. The molecule has 0 heterocycles. The van der Waals surface area contributed by atoms with Crippen molar-refractivity contribution in [2.45, 2.75) is 89.9 Å². The van der Waals surface area contributed by atoms with E-state index < -0.39 is 0 Å². The smallest absolute Gasteiger partial charge is 0.0753 e. The fourth-order valence-electron chi connectivity index (χ4n) is 2.89. The highest BCUT2D eigenvalue weighted by Gasteiger charge is 2.35. The van der Waals surface area contributed by atoms with E-state index in [1.165, 1.54) is 51.4 Å². The quantitative estimate of drug-likeness (QED) is 0.625. The van der Waals surface area contributed by atoms with E-state index in [0.29, 0.717) is 6.04 Å². The summed E-state index contributed by atoms with van der Waals surface area (Å²) in [5.74, 6) is 0. The van der Waals surface area contributed by atoms with Gasteiger partial charge in [-0.15, -0.1) is 0 Å². The van der Waals surface area contributed by atoms with Crippen molar-refractivity contribution in [2.75, 3.05) is 0 Å². The molecule has 2 heteroatoms. The first kappa shape index (κ1) is 15.1. The number of hydrogen-bond donors (Lipinski definition) is 1. The molecule has 0 aromatic carbocycles. The van der Waals surface area contributed by atoms with Crippen LogP contribution in [0.2, 0.25) is 5.31 Å². The third-order valence-electron chi connectivity index (χ3n) is 4.64. The predicted molar refractivity (Wildman–Crippen MR) is 77.4 cm³/mol. The standard InChI is InChI=1S/C15H30BN/c1-14(2,3)15(16)11-7-4-5-9-13(17)10-6-8-12-15/h13H,4-12,17H2,1-3H3. The van der Waals surface area contributed by atoms with Crippen molar-refractivity contribution >= 4 is 7.85 Å². The Balaban J connectivity index is 2.60. The molecular weight excluding hydrogens is 205 g/mol. The second-order valence-electron chi connectivity index (χ2n) is 7.01. The van der Waals surface area contributed by atoms with Crippen LogP contribution < -0.4 is 5.73 Å². The Morgan fingerprint density at radius 3 is 1.94 bits per heavy atom. The van der Waals surface area contributed by atoms with E-state index in [2.05, 4.69) is 20.8 Å². The van der Waals surface area contributed by atoms with Crippen LogP contribution in [0.1, 0.15) is 78.6 Å². The minimum atomic E-state index is 0.0153. The fraction of sp³-hybridized carbons (Fsp3) is 1.00. The van der Waals surface area contributed by atoms with Gasteiger partial charge in [0.2, 0.25) is 0 Å².